The number of amides is 1. The number of nitrogens with one attached hydrogen (secondary N) is 1. The molecule has 25 heavy (non-hydrogen) atoms. The second kappa shape index (κ2) is 9.47. The van der Waals surface area contributed by atoms with Crippen LogP contribution in [-0.2, 0) is 0 Å². The van der Waals surface area contributed by atoms with Gasteiger partial charge < -0.3 is 9.64 Å². The Kier molecular flexibility index (Phi) is 7.01. The highest BCUT2D eigenvalue weighted by Crippen LogP contribution is 2.14. The zero-order chi connectivity index (χ0) is 18.1. The zero-order valence-electron chi connectivity index (χ0n) is 15.0. The number of hydrogen-bond donors (Lipinski definition) is 1. The molecule has 0 saturated heterocycles. The van der Waals surface area contributed by atoms with Gasteiger partial charge in [-0.3, -0.25) is 4.79 Å². The number of ether oxygens (including phenoxy) is 1. The number of hydrogen-bond acceptors (Lipinski definition) is 4. The molecule has 0 aliphatic heterocycles. The second-order valence-corrected chi connectivity index (χ2v) is 5.42. The average molecular weight is 339 g/mol. The van der Waals surface area contributed by atoms with Crippen LogP contribution in [0.25, 0.3) is 0 Å². The first-order valence-electron chi connectivity index (χ1n) is 8.59. The number of carbonyl (C=O) groups excluding carboxylic acids is 1. The molecule has 0 spiro atoms. The van der Waals surface area contributed by atoms with E-state index in [-0.39, 0.29) is 5.91 Å². The maximum Gasteiger partial charge on any atom is 0.271 e. The molecular formula is C20H25N3O2. The number of benzene rings is 2. The molecule has 0 aliphatic rings. The van der Waals surface area contributed by atoms with Gasteiger partial charge in [0, 0.05) is 24.3 Å². The van der Waals surface area contributed by atoms with E-state index in [0.29, 0.717) is 12.2 Å². The van der Waals surface area contributed by atoms with Crippen molar-refractivity contribution in [3.8, 4) is 5.75 Å². The van der Waals surface area contributed by atoms with Crippen LogP contribution in [0.3, 0.4) is 0 Å². The molecule has 0 saturated carbocycles. The van der Waals surface area contributed by atoms with Gasteiger partial charge in [0.05, 0.1) is 12.8 Å². The summed E-state index contributed by atoms with van der Waals surface area (Å²) in [5.41, 5.74) is 5.19. The van der Waals surface area contributed by atoms with Crippen molar-refractivity contribution in [2.75, 3.05) is 24.6 Å². The third-order valence-corrected chi connectivity index (χ3v) is 3.83. The molecule has 5 heteroatoms. The van der Waals surface area contributed by atoms with Gasteiger partial charge in [0.1, 0.15) is 5.75 Å². The van der Waals surface area contributed by atoms with Gasteiger partial charge in [-0.05, 0) is 62.7 Å². The summed E-state index contributed by atoms with van der Waals surface area (Å²) in [7, 11) is 0. The lowest BCUT2D eigenvalue weighted by molar-refractivity contribution is 0.0955. The summed E-state index contributed by atoms with van der Waals surface area (Å²) in [4.78, 5) is 14.3. The van der Waals surface area contributed by atoms with Crippen LogP contribution in [0, 0.1) is 0 Å². The SMILES string of the molecule is CCOc1ccc(C(=O)N/N=C\c2ccc(N(CC)CC)cc2)cc1. The van der Waals surface area contributed by atoms with Gasteiger partial charge in [0.15, 0.2) is 0 Å². The maximum atomic E-state index is 12.1. The van der Waals surface area contributed by atoms with E-state index in [0.717, 1.165) is 24.4 Å². The first kappa shape index (κ1) is 18.5. The van der Waals surface area contributed by atoms with Crippen molar-refractivity contribution in [1.29, 1.82) is 0 Å². The standard InChI is InChI=1S/C20H25N3O2/c1-4-23(5-2)18-11-7-16(8-12-18)15-21-22-20(24)17-9-13-19(14-10-17)25-6-3/h7-15H,4-6H2,1-3H3,(H,22,24)/b21-15-. The minimum atomic E-state index is -0.251. The molecule has 0 bridgehead atoms. The first-order valence-corrected chi connectivity index (χ1v) is 8.59. The highest BCUT2D eigenvalue weighted by molar-refractivity contribution is 5.95. The van der Waals surface area contributed by atoms with E-state index in [9.17, 15) is 4.79 Å². The molecule has 2 aromatic rings. The molecule has 2 rings (SSSR count). The molecule has 0 fully saturated rings. The highest BCUT2D eigenvalue weighted by Gasteiger charge is 2.04. The molecule has 0 atom stereocenters. The molecule has 5 nitrogen and oxygen atoms in total. The lowest BCUT2D eigenvalue weighted by Gasteiger charge is -2.20. The van der Waals surface area contributed by atoms with E-state index in [2.05, 4.69) is 41.4 Å². The van der Waals surface area contributed by atoms with Gasteiger partial charge in [-0.25, -0.2) is 5.43 Å². The Morgan fingerprint density at radius 1 is 1.04 bits per heavy atom. The van der Waals surface area contributed by atoms with E-state index in [1.165, 1.54) is 5.69 Å². The maximum absolute atomic E-state index is 12.1. The minimum absolute atomic E-state index is 0.251. The fourth-order valence-corrected chi connectivity index (χ4v) is 2.46. The Morgan fingerprint density at radius 2 is 1.68 bits per heavy atom. The lowest BCUT2D eigenvalue weighted by Crippen LogP contribution is -2.21. The molecule has 132 valence electrons. The summed E-state index contributed by atoms with van der Waals surface area (Å²) in [6.07, 6.45) is 1.64. The number of nitrogens with zero attached hydrogens (tertiary/aromatic N) is 2. The Morgan fingerprint density at radius 3 is 2.24 bits per heavy atom. The lowest BCUT2D eigenvalue weighted by atomic mass is 10.2. The van der Waals surface area contributed by atoms with Crippen molar-refractivity contribution in [3.63, 3.8) is 0 Å². The molecule has 1 N–H and O–H groups in total. The molecule has 0 unspecified atom stereocenters. The molecule has 0 aromatic heterocycles. The molecule has 0 heterocycles. The summed E-state index contributed by atoms with van der Waals surface area (Å²) in [6.45, 7) is 8.74. The van der Waals surface area contributed by atoms with Crippen LogP contribution in [0.5, 0.6) is 5.75 Å². The summed E-state index contributed by atoms with van der Waals surface area (Å²) in [5.74, 6) is 0.495. The first-order chi connectivity index (χ1) is 12.2. The van der Waals surface area contributed by atoms with Crippen molar-refractivity contribution < 1.29 is 9.53 Å². The number of hydrazone groups is 1. The van der Waals surface area contributed by atoms with Crippen LogP contribution >= 0.6 is 0 Å². The van der Waals surface area contributed by atoms with Crippen LogP contribution in [0.15, 0.2) is 53.6 Å². The van der Waals surface area contributed by atoms with Crippen molar-refractivity contribution in [2.24, 2.45) is 5.10 Å². The zero-order valence-corrected chi connectivity index (χ0v) is 15.0. The molecular weight excluding hydrogens is 314 g/mol. The van der Waals surface area contributed by atoms with Gasteiger partial charge in [-0.2, -0.15) is 5.10 Å². The summed E-state index contributed by atoms with van der Waals surface area (Å²) >= 11 is 0. The number of rotatable bonds is 8. The third kappa shape index (κ3) is 5.35. The topological polar surface area (TPSA) is 53.9 Å². The van der Waals surface area contributed by atoms with Crippen LogP contribution < -0.4 is 15.1 Å². The smallest absolute Gasteiger partial charge is 0.271 e. The summed E-state index contributed by atoms with van der Waals surface area (Å²) in [6, 6.07) is 15.1. The Balaban J connectivity index is 1.92. The van der Waals surface area contributed by atoms with E-state index < -0.39 is 0 Å². The van der Waals surface area contributed by atoms with Crippen molar-refractivity contribution in [3.05, 3.63) is 59.7 Å². The van der Waals surface area contributed by atoms with E-state index in [1.54, 1.807) is 30.5 Å². The molecule has 1 amide bonds. The highest BCUT2D eigenvalue weighted by atomic mass is 16.5. The molecule has 2 aromatic carbocycles. The monoisotopic (exact) mass is 339 g/mol. The summed E-state index contributed by atoms with van der Waals surface area (Å²) < 4.78 is 5.36. The second-order valence-electron chi connectivity index (χ2n) is 5.42. The Bertz CT molecular complexity index is 690. The molecule has 0 radical (unpaired) electrons. The minimum Gasteiger partial charge on any atom is -0.494 e. The average Bonchev–Trinajstić information content (AvgIpc) is 2.65. The van der Waals surface area contributed by atoms with Crippen molar-refractivity contribution in [1.82, 2.24) is 5.43 Å². The molecule has 0 aliphatic carbocycles. The van der Waals surface area contributed by atoms with Crippen LogP contribution in [0.2, 0.25) is 0 Å². The van der Waals surface area contributed by atoms with Gasteiger partial charge >= 0.3 is 0 Å². The van der Waals surface area contributed by atoms with Crippen molar-refractivity contribution >= 4 is 17.8 Å². The van der Waals surface area contributed by atoms with Crippen LogP contribution in [0.1, 0.15) is 36.7 Å². The van der Waals surface area contributed by atoms with Crippen molar-refractivity contribution in [2.45, 2.75) is 20.8 Å². The van der Waals surface area contributed by atoms with Crippen LogP contribution in [-0.4, -0.2) is 31.8 Å². The Labute approximate surface area is 149 Å². The van der Waals surface area contributed by atoms with Gasteiger partial charge in [0.25, 0.3) is 5.91 Å². The largest absolute Gasteiger partial charge is 0.494 e. The quantitative estimate of drug-likeness (QED) is 0.589. The van der Waals surface area contributed by atoms with E-state index in [4.69, 9.17) is 4.74 Å². The predicted octanol–water partition coefficient (Wildman–Crippen LogP) is 3.70. The normalized spacial score (nSPS) is 10.7. The van der Waals surface area contributed by atoms with Gasteiger partial charge in [-0.15, -0.1) is 0 Å². The number of carbonyl (C=O) groups is 1. The van der Waals surface area contributed by atoms with Gasteiger partial charge in [0.2, 0.25) is 0 Å². The number of anilines is 1. The summed E-state index contributed by atoms with van der Waals surface area (Å²) in [5, 5.41) is 4.02. The van der Waals surface area contributed by atoms with Crippen LogP contribution in [0.4, 0.5) is 5.69 Å². The van der Waals surface area contributed by atoms with E-state index >= 15 is 0 Å². The third-order valence-electron chi connectivity index (χ3n) is 3.83. The predicted molar refractivity (Wildman–Crippen MR) is 103 cm³/mol. The fourth-order valence-electron chi connectivity index (χ4n) is 2.46. The fraction of sp³-hybridized carbons (Fsp3) is 0.300. The van der Waals surface area contributed by atoms with E-state index in [1.807, 2.05) is 19.1 Å². The van der Waals surface area contributed by atoms with Gasteiger partial charge in [-0.1, -0.05) is 12.1 Å². The Hall–Kier alpha value is -2.82.